The minimum atomic E-state index is 0. The molecule has 0 radical (unpaired) electrons. The van der Waals surface area contributed by atoms with Gasteiger partial charge in [0.15, 0.2) is 5.58 Å². The SMILES string of the molecule is Oc1ccccc1-c1[c-]c(-n2c3[c-]c(-c4ccccn4)ccc3c3ccccc3oc3ccccc32)ccc1.[Pt+2]. The van der Waals surface area contributed by atoms with Crippen molar-refractivity contribution in [2.75, 3.05) is 0 Å². The van der Waals surface area contributed by atoms with Crippen molar-refractivity contribution in [2.24, 2.45) is 0 Å². The molecule has 0 bridgehead atoms. The number of benzene rings is 5. The smallest absolute Gasteiger partial charge is 0.517 e. The minimum Gasteiger partial charge on any atom is -0.517 e. The molecule has 1 N–H and O–H groups in total. The van der Waals surface area contributed by atoms with Gasteiger partial charge < -0.3 is 19.1 Å². The zero-order valence-corrected chi connectivity index (χ0v) is 23.5. The van der Waals surface area contributed by atoms with E-state index in [1.54, 1.807) is 12.3 Å². The predicted octanol–water partition coefficient (Wildman–Crippen LogP) is 8.69. The fourth-order valence-corrected chi connectivity index (χ4v) is 4.99. The number of fused-ring (bicyclic) bond motifs is 4. The molecule has 5 aromatic carbocycles. The van der Waals surface area contributed by atoms with E-state index in [4.69, 9.17) is 4.42 Å². The summed E-state index contributed by atoms with van der Waals surface area (Å²) in [7, 11) is 0. The van der Waals surface area contributed by atoms with Gasteiger partial charge in [-0.2, -0.15) is 0 Å². The van der Waals surface area contributed by atoms with E-state index >= 15 is 0 Å². The fourth-order valence-electron chi connectivity index (χ4n) is 4.99. The van der Waals surface area contributed by atoms with Gasteiger partial charge >= 0.3 is 21.1 Å². The van der Waals surface area contributed by atoms with Gasteiger partial charge in [0.05, 0.1) is 11.3 Å². The van der Waals surface area contributed by atoms with Gasteiger partial charge in [0.1, 0.15) is 5.58 Å². The molecule has 7 rings (SSSR count). The predicted molar refractivity (Wildman–Crippen MR) is 156 cm³/mol. The molecule has 0 atom stereocenters. The molecule has 4 nitrogen and oxygen atoms in total. The van der Waals surface area contributed by atoms with E-state index < -0.39 is 0 Å². The van der Waals surface area contributed by atoms with Crippen LogP contribution in [0.15, 0.2) is 132 Å². The van der Waals surface area contributed by atoms with Crippen LogP contribution in [-0.2, 0) is 21.1 Å². The Morgan fingerprint density at radius 2 is 1.40 bits per heavy atom. The van der Waals surface area contributed by atoms with Crippen LogP contribution in [0.2, 0.25) is 0 Å². The number of pyridine rings is 1. The monoisotopic (exact) mass is 697 g/mol. The van der Waals surface area contributed by atoms with Gasteiger partial charge in [-0.15, -0.1) is 53.6 Å². The molecule has 0 aliphatic rings. The van der Waals surface area contributed by atoms with Crippen LogP contribution in [0.25, 0.3) is 61.0 Å². The molecule has 7 aromatic rings. The van der Waals surface area contributed by atoms with Gasteiger partial charge in [0, 0.05) is 6.20 Å². The summed E-state index contributed by atoms with van der Waals surface area (Å²) < 4.78 is 8.64. The van der Waals surface area contributed by atoms with Crippen molar-refractivity contribution in [3.05, 3.63) is 140 Å². The summed E-state index contributed by atoms with van der Waals surface area (Å²) in [5.41, 5.74) is 7.22. The van der Waals surface area contributed by atoms with Crippen molar-refractivity contribution in [1.82, 2.24) is 9.55 Å². The molecule has 0 aliphatic carbocycles. The molecule has 40 heavy (non-hydrogen) atoms. The number of nitrogens with zero attached hydrogens (tertiary/aromatic N) is 2. The Labute approximate surface area is 245 Å². The van der Waals surface area contributed by atoms with Crippen LogP contribution in [0, 0.1) is 12.1 Å². The zero-order valence-electron chi connectivity index (χ0n) is 21.2. The topological polar surface area (TPSA) is 51.2 Å². The zero-order chi connectivity index (χ0) is 26.2. The molecule has 0 aliphatic heterocycles. The largest absolute Gasteiger partial charge is 2.00 e. The van der Waals surface area contributed by atoms with Crippen LogP contribution in [0.4, 0.5) is 0 Å². The average molecular weight is 698 g/mol. The maximum atomic E-state index is 10.6. The van der Waals surface area contributed by atoms with E-state index in [2.05, 4.69) is 33.8 Å². The summed E-state index contributed by atoms with van der Waals surface area (Å²) in [5, 5.41) is 12.5. The molecule has 2 heterocycles. The number of rotatable bonds is 3. The Bertz CT molecular complexity index is 2040. The second-order valence-electron chi connectivity index (χ2n) is 9.22. The molecule has 2 aromatic heterocycles. The Morgan fingerprint density at radius 3 is 2.25 bits per heavy atom. The number of phenolic OH excluding ortho intramolecular Hbond substituents is 1. The summed E-state index contributed by atoms with van der Waals surface area (Å²) in [6.07, 6.45) is 1.79. The third kappa shape index (κ3) is 4.57. The first-order chi connectivity index (χ1) is 19.3. The van der Waals surface area contributed by atoms with Crippen LogP contribution in [0.3, 0.4) is 0 Å². The van der Waals surface area contributed by atoms with Crippen molar-refractivity contribution in [3.63, 3.8) is 0 Å². The van der Waals surface area contributed by atoms with E-state index in [-0.39, 0.29) is 26.8 Å². The standard InChI is InChI=1S/C35H22N2O2.Pt/c38-33-16-4-1-12-27(33)24-10-9-11-26(22-24)37-31-15-3-6-18-35(31)39-34-17-5-2-13-29(34)28-20-19-25(23-32(28)37)30-14-7-8-21-36-30;/h1-21,38H;/q-2;+2. The molecule has 0 saturated heterocycles. The number of aromatic hydroxyl groups is 1. The van der Waals surface area contributed by atoms with Crippen molar-refractivity contribution in [2.45, 2.75) is 0 Å². The van der Waals surface area contributed by atoms with Crippen LogP contribution < -0.4 is 0 Å². The van der Waals surface area contributed by atoms with Crippen molar-refractivity contribution in [3.8, 4) is 33.8 Å². The molecule has 5 heteroatoms. The van der Waals surface area contributed by atoms with E-state index in [9.17, 15) is 5.11 Å². The minimum absolute atomic E-state index is 0. The Morgan fingerprint density at radius 1 is 0.625 bits per heavy atom. The van der Waals surface area contributed by atoms with Crippen LogP contribution in [0.1, 0.15) is 0 Å². The third-order valence-corrected chi connectivity index (χ3v) is 6.81. The summed E-state index contributed by atoms with van der Waals surface area (Å²) >= 11 is 0. The Kier molecular flexibility index (Phi) is 6.94. The molecule has 194 valence electrons. The second kappa shape index (κ2) is 10.8. The Balaban J connectivity index is 0.00000289. The van der Waals surface area contributed by atoms with E-state index in [1.165, 1.54) is 0 Å². The molecule has 0 fully saturated rings. The maximum Gasteiger partial charge on any atom is 2.00 e. The Hall–Kier alpha value is -4.66. The fraction of sp³-hybridized carbons (Fsp3) is 0. The molecular weight excluding hydrogens is 675 g/mol. The summed E-state index contributed by atoms with van der Waals surface area (Å²) in [6, 6.07) is 46.6. The van der Waals surface area contributed by atoms with Gasteiger partial charge in [-0.25, -0.2) is 0 Å². The first-order valence-electron chi connectivity index (χ1n) is 12.7. The number of hydrogen-bond donors (Lipinski definition) is 1. The number of aromatic nitrogens is 2. The third-order valence-electron chi connectivity index (χ3n) is 6.81. The van der Waals surface area contributed by atoms with Gasteiger partial charge in [-0.1, -0.05) is 71.6 Å². The summed E-state index contributed by atoms with van der Waals surface area (Å²) in [6.45, 7) is 0. The van der Waals surface area contributed by atoms with Gasteiger partial charge in [-0.3, -0.25) is 0 Å². The molecule has 0 unspecified atom stereocenters. The van der Waals surface area contributed by atoms with Gasteiger partial charge in [-0.05, 0) is 52.6 Å². The summed E-state index contributed by atoms with van der Waals surface area (Å²) in [5.74, 6) is 0.209. The first kappa shape index (κ1) is 25.6. The first-order valence-corrected chi connectivity index (χ1v) is 12.7. The van der Waals surface area contributed by atoms with Gasteiger partial charge in [0.2, 0.25) is 0 Å². The number of para-hydroxylation sites is 4. The van der Waals surface area contributed by atoms with E-state index in [0.717, 1.165) is 49.9 Å². The molecular formula is C35H22N2O2Pt. The van der Waals surface area contributed by atoms with Crippen LogP contribution in [0.5, 0.6) is 5.75 Å². The summed E-state index contributed by atoms with van der Waals surface area (Å²) in [4.78, 5) is 4.58. The van der Waals surface area contributed by atoms with Crippen LogP contribution >= 0.6 is 0 Å². The van der Waals surface area contributed by atoms with E-state index in [1.807, 2.05) is 103 Å². The molecule has 0 saturated carbocycles. The van der Waals surface area contributed by atoms with Gasteiger partial charge in [0.25, 0.3) is 0 Å². The number of hydrogen-bond acceptors (Lipinski definition) is 3. The normalized spacial score (nSPS) is 10.9. The molecule has 0 amide bonds. The maximum absolute atomic E-state index is 10.6. The number of phenols is 1. The quantitative estimate of drug-likeness (QED) is 0.188. The average Bonchev–Trinajstić information content (AvgIpc) is 2.98. The van der Waals surface area contributed by atoms with E-state index in [0.29, 0.717) is 11.1 Å². The van der Waals surface area contributed by atoms with Crippen LogP contribution in [-0.4, -0.2) is 14.7 Å². The second-order valence-corrected chi connectivity index (χ2v) is 9.22. The van der Waals surface area contributed by atoms with Crippen molar-refractivity contribution >= 4 is 33.0 Å². The van der Waals surface area contributed by atoms with Crippen molar-refractivity contribution in [1.29, 1.82) is 0 Å². The molecule has 0 spiro atoms. The van der Waals surface area contributed by atoms with Crippen molar-refractivity contribution < 1.29 is 30.6 Å².